The molecule has 1 aromatic rings. The van der Waals surface area contributed by atoms with Crippen molar-refractivity contribution in [2.24, 2.45) is 5.10 Å². The van der Waals surface area contributed by atoms with Gasteiger partial charge in [0.05, 0.1) is 12.7 Å². The molecule has 3 rings (SSSR count). The van der Waals surface area contributed by atoms with Gasteiger partial charge in [-0.3, -0.25) is 4.79 Å². The Morgan fingerprint density at radius 1 is 1.50 bits per heavy atom. The third-order valence-corrected chi connectivity index (χ3v) is 3.02. The van der Waals surface area contributed by atoms with E-state index in [2.05, 4.69) is 15.2 Å². The maximum atomic E-state index is 12.2. The maximum Gasteiger partial charge on any atom is 0.354 e. The van der Waals surface area contributed by atoms with Gasteiger partial charge in [-0.15, -0.1) is 0 Å². The van der Waals surface area contributed by atoms with E-state index in [1.54, 1.807) is 12.1 Å². The van der Waals surface area contributed by atoms with E-state index in [0.717, 1.165) is 5.69 Å². The van der Waals surface area contributed by atoms with Gasteiger partial charge < -0.3 is 10.1 Å². The van der Waals surface area contributed by atoms with Crippen LogP contribution in [0, 0.1) is 0 Å². The number of carbonyl (C=O) groups excluding carboxylic acids is 2. The van der Waals surface area contributed by atoms with Crippen LogP contribution < -0.4 is 5.32 Å². The third kappa shape index (κ3) is 1.46. The molecule has 1 aromatic carbocycles. The van der Waals surface area contributed by atoms with E-state index in [1.807, 2.05) is 12.1 Å². The highest BCUT2D eigenvalue weighted by Crippen LogP contribution is 2.29. The number of hydrazone groups is 1. The number of nitrogens with zero attached hydrogens (tertiary/aromatic N) is 2. The highest BCUT2D eigenvalue weighted by Gasteiger charge is 2.39. The minimum atomic E-state index is -0.497. The van der Waals surface area contributed by atoms with Crippen LogP contribution in [0.5, 0.6) is 0 Å². The first kappa shape index (κ1) is 10.8. The van der Waals surface area contributed by atoms with Crippen molar-refractivity contribution in [3.8, 4) is 0 Å². The molecule has 0 aromatic heterocycles. The number of amides is 1. The largest absolute Gasteiger partial charge is 0.464 e. The lowest BCUT2D eigenvalue weighted by atomic mass is 10.1. The SMILES string of the molecule is COC(=O)C1=NN2C(=O)c3ccccc3NC2C1. The molecule has 1 N–H and O–H groups in total. The molecule has 0 spiro atoms. The summed E-state index contributed by atoms with van der Waals surface area (Å²) < 4.78 is 4.62. The number of ether oxygens (including phenoxy) is 1. The van der Waals surface area contributed by atoms with Gasteiger partial charge in [0.25, 0.3) is 5.91 Å². The molecule has 0 saturated carbocycles. The lowest BCUT2D eigenvalue weighted by molar-refractivity contribution is -0.132. The Bertz CT molecular complexity index is 567. The standard InChI is InChI=1S/C12H11N3O3/c1-18-12(17)9-6-10-13-8-5-3-2-4-7(8)11(16)15(10)14-9/h2-5,10,13H,6H2,1H3. The first-order chi connectivity index (χ1) is 8.70. The Hall–Kier alpha value is -2.37. The van der Waals surface area contributed by atoms with E-state index in [-0.39, 0.29) is 17.8 Å². The van der Waals surface area contributed by atoms with Crippen LogP contribution in [0.25, 0.3) is 0 Å². The molecule has 0 bridgehead atoms. The number of methoxy groups -OCH3 is 1. The lowest BCUT2D eigenvalue weighted by Gasteiger charge is -2.29. The van der Waals surface area contributed by atoms with Crippen LogP contribution in [-0.2, 0) is 9.53 Å². The van der Waals surface area contributed by atoms with Gasteiger partial charge in [0.15, 0.2) is 0 Å². The second-order valence-electron chi connectivity index (χ2n) is 4.10. The molecule has 92 valence electrons. The number of para-hydroxylation sites is 1. The number of nitrogens with one attached hydrogen (secondary N) is 1. The summed E-state index contributed by atoms with van der Waals surface area (Å²) in [7, 11) is 1.30. The topological polar surface area (TPSA) is 71.0 Å². The Morgan fingerprint density at radius 2 is 2.28 bits per heavy atom. The normalized spacial score (nSPS) is 20.7. The summed E-state index contributed by atoms with van der Waals surface area (Å²) in [6.45, 7) is 0. The predicted octanol–water partition coefficient (Wildman–Crippen LogP) is 0.813. The first-order valence-electron chi connectivity index (χ1n) is 5.55. The van der Waals surface area contributed by atoms with Crippen LogP contribution >= 0.6 is 0 Å². The number of carbonyl (C=O) groups is 2. The monoisotopic (exact) mass is 245 g/mol. The molecule has 1 amide bonds. The minimum absolute atomic E-state index is 0.201. The van der Waals surface area contributed by atoms with Crippen molar-refractivity contribution in [2.45, 2.75) is 12.6 Å². The van der Waals surface area contributed by atoms with E-state index in [9.17, 15) is 9.59 Å². The Labute approximate surface area is 103 Å². The molecule has 2 aliphatic heterocycles. The average molecular weight is 245 g/mol. The van der Waals surface area contributed by atoms with E-state index in [0.29, 0.717) is 12.0 Å². The zero-order valence-corrected chi connectivity index (χ0v) is 9.71. The van der Waals surface area contributed by atoms with Crippen molar-refractivity contribution in [2.75, 3.05) is 12.4 Å². The number of anilines is 1. The fourth-order valence-corrected chi connectivity index (χ4v) is 2.15. The summed E-state index contributed by atoms with van der Waals surface area (Å²) in [5.41, 5.74) is 1.59. The van der Waals surface area contributed by atoms with E-state index in [4.69, 9.17) is 0 Å². The van der Waals surface area contributed by atoms with Crippen molar-refractivity contribution in [3.05, 3.63) is 29.8 Å². The summed E-state index contributed by atoms with van der Waals surface area (Å²) in [5, 5.41) is 8.51. The second-order valence-corrected chi connectivity index (χ2v) is 4.10. The number of rotatable bonds is 1. The van der Waals surface area contributed by atoms with Gasteiger partial charge in [0, 0.05) is 12.1 Å². The van der Waals surface area contributed by atoms with Crippen molar-refractivity contribution in [1.82, 2.24) is 5.01 Å². The maximum absolute atomic E-state index is 12.2. The molecule has 2 heterocycles. The zero-order chi connectivity index (χ0) is 12.7. The second kappa shape index (κ2) is 3.83. The lowest BCUT2D eigenvalue weighted by Crippen LogP contribution is -2.42. The van der Waals surface area contributed by atoms with Gasteiger partial charge in [-0.1, -0.05) is 12.1 Å². The van der Waals surface area contributed by atoms with Gasteiger partial charge in [0.2, 0.25) is 0 Å². The molecule has 2 aliphatic rings. The fraction of sp³-hybridized carbons (Fsp3) is 0.250. The van der Waals surface area contributed by atoms with Gasteiger partial charge in [0.1, 0.15) is 11.9 Å². The molecule has 0 saturated heterocycles. The molecule has 1 atom stereocenters. The van der Waals surface area contributed by atoms with Gasteiger partial charge in [-0.05, 0) is 12.1 Å². The van der Waals surface area contributed by atoms with Gasteiger partial charge in [-0.2, -0.15) is 5.10 Å². The van der Waals surface area contributed by atoms with E-state index < -0.39 is 5.97 Å². The zero-order valence-electron chi connectivity index (χ0n) is 9.71. The Morgan fingerprint density at radius 3 is 3.06 bits per heavy atom. The van der Waals surface area contributed by atoms with Gasteiger partial charge in [-0.25, -0.2) is 9.80 Å². The van der Waals surface area contributed by atoms with Crippen LogP contribution in [0.15, 0.2) is 29.4 Å². The third-order valence-electron chi connectivity index (χ3n) is 3.02. The number of fused-ring (bicyclic) bond motifs is 2. The van der Waals surface area contributed by atoms with Crippen LogP contribution in [-0.4, -0.2) is 35.9 Å². The highest BCUT2D eigenvalue weighted by atomic mass is 16.5. The molecule has 6 nitrogen and oxygen atoms in total. The van der Waals surface area contributed by atoms with Crippen molar-refractivity contribution >= 4 is 23.3 Å². The quantitative estimate of drug-likeness (QED) is 0.743. The van der Waals surface area contributed by atoms with Crippen molar-refractivity contribution in [1.29, 1.82) is 0 Å². The summed E-state index contributed by atoms with van der Waals surface area (Å²) in [5.74, 6) is -0.698. The Balaban J connectivity index is 1.95. The molecule has 0 radical (unpaired) electrons. The van der Waals surface area contributed by atoms with Crippen LogP contribution in [0.4, 0.5) is 5.69 Å². The molecule has 18 heavy (non-hydrogen) atoms. The molecular weight excluding hydrogens is 234 g/mol. The minimum Gasteiger partial charge on any atom is -0.464 e. The summed E-state index contributed by atoms with van der Waals surface area (Å²) in [6.07, 6.45) is 0.0497. The molecule has 6 heteroatoms. The number of hydrogen-bond acceptors (Lipinski definition) is 5. The molecule has 1 unspecified atom stereocenters. The van der Waals surface area contributed by atoms with Crippen molar-refractivity contribution in [3.63, 3.8) is 0 Å². The number of esters is 1. The highest BCUT2D eigenvalue weighted by molar-refractivity contribution is 6.37. The fourth-order valence-electron chi connectivity index (χ4n) is 2.15. The molecular formula is C12H11N3O3. The van der Waals surface area contributed by atoms with E-state index in [1.165, 1.54) is 12.1 Å². The number of benzene rings is 1. The molecule has 0 aliphatic carbocycles. The van der Waals surface area contributed by atoms with E-state index >= 15 is 0 Å². The van der Waals surface area contributed by atoms with Crippen molar-refractivity contribution < 1.29 is 14.3 Å². The van der Waals surface area contributed by atoms with Crippen LogP contribution in [0.1, 0.15) is 16.8 Å². The summed E-state index contributed by atoms with van der Waals surface area (Å²) >= 11 is 0. The molecule has 0 fully saturated rings. The Kier molecular flexibility index (Phi) is 2.29. The van der Waals surface area contributed by atoms with Gasteiger partial charge >= 0.3 is 5.97 Å². The first-order valence-corrected chi connectivity index (χ1v) is 5.55. The predicted molar refractivity (Wildman–Crippen MR) is 64.1 cm³/mol. The van der Waals surface area contributed by atoms with Crippen LogP contribution in [0.2, 0.25) is 0 Å². The summed E-state index contributed by atoms with van der Waals surface area (Å²) in [4.78, 5) is 23.6. The number of hydrogen-bond donors (Lipinski definition) is 1. The van der Waals surface area contributed by atoms with Crippen LogP contribution in [0.3, 0.4) is 0 Å². The average Bonchev–Trinajstić information content (AvgIpc) is 2.82. The summed E-state index contributed by atoms with van der Waals surface area (Å²) in [6, 6.07) is 7.21. The smallest absolute Gasteiger partial charge is 0.354 e.